The summed E-state index contributed by atoms with van der Waals surface area (Å²) in [5.41, 5.74) is 4.37. The zero-order chi connectivity index (χ0) is 20.8. The second kappa shape index (κ2) is 9.74. The monoisotopic (exact) mass is 408 g/mol. The van der Waals surface area contributed by atoms with Crippen LogP contribution in [0.4, 0.5) is 0 Å². The molecule has 1 aromatic heterocycles. The van der Waals surface area contributed by atoms with Crippen molar-refractivity contribution in [2.45, 2.75) is 39.3 Å². The highest BCUT2D eigenvalue weighted by Crippen LogP contribution is 2.28. The molecule has 152 valence electrons. The fourth-order valence-corrected chi connectivity index (χ4v) is 3.64. The van der Waals surface area contributed by atoms with Gasteiger partial charge in [0.1, 0.15) is 0 Å². The van der Waals surface area contributed by atoms with Crippen LogP contribution in [0.2, 0.25) is 0 Å². The minimum Gasteiger partial charge on any atom is -0.355 e. The van der Waals surface area contributed by atoms with Gasteiger partial charge < -0.3 is 5.32 Å². The third-order valence-electron chi connectivity index (χ3n) is 4.61. The van der Waals surface area contributed by atoms with Gasteiger partial charge in [-0.15, -0.1) is 10.2 Å². The molecule has 0 atom stereocenters. The molecule has 0 spiro atoms. The average Bonchev–Trinajstić information content (AvgIpc) is 3.11. The highest BCUT2D eigenvalue weighted by Gasteiger charge is 2.17. The average molecular weight is 409 g/mol. The van der Waals surface area contributed by atoms with Gasteiger partial charge in [-0.3, -0.25) is 9.36 Å². The number of amides is 1. The number of aryl methyl sites for hydroxylation is 2. The first kappa shape index (κ1) is 21.1. The molecule has 1 heterocycles. The maximum atomic E-state index is 12.2. The molecule has 6 heteroatoms. The number of nitrogens with one attached hydrogen (secondary N) is 1. The predicted octanol–water partition coefficient (Wildman–Crippen LogP) is 4.81. The predicted molar refractivity (Wildman–Crippen MR) is 119 cm³/mol. The van der Waals surface area contributed by atoms with Crippen LogP contribution in [0.25, 0.3) is 17.1 Å². The van der Waals surface area contributed by atoms with Crippen LogP contribution in [0, 0.1) is 19.8 Å². The molecular formula is C23H28N4OS. The van der Waals surface area contributed by atoms with Gasteiger partial charge in [0.2, 0.25) is 5.91 Å². The molecule has 29 heavy (non-hydrogen) atoms. The second-order valence-electron chi connectivity index (χ2n) is 7.66. The topological polar surface area (TPSA) is 59.8 Å². The van der Waals surface area contributed by atoms with E-state index in [0.717, 1.165) is 23.5 Å². The molecule has 2 aromatic carbocycles. The van der Waals surface area contributed by atoms with Gasteiger partial charge in [0.25, 0.3) is 0 Å². The maximum Gasteiger partial charge on any atom is 0.230 e. The van der Waals surface area contributed by atoms with Crippen LogP contribution in [-0.2, 0) is 4.79 Å². The quantitative estimate of drug-likeness (QED) is 0.544. The second-order valence-corrected chi connectivity index (χ2v) is 8.61. The van der Waals surface area contributed by atoms with Crippen LogP contribution in [-0.4, -0.2) is 33.0 Å². The summed E-state index contributed by atoms with van der Waals surface area (Å²) in [6, 6.07) is 16.5. The Labute approximate surface area is 176 Å². The van der Waals surface area contributed by atoms with E-state index in [0.29, 0.717) is 23.4 Å². The van der Waals surface area contributed by atoms with Crippen molar-refractivity contribution in [2.24, 2.45) is 5.92 Å². The van der Waals surface area contributed by atoms with Crippen molar-refractivity contribution < 1.29 is 4.79 Å². The molecule has 3 rings (SSSR count). The molecule has 3 aromatic rings. The number of rotatable bonds is 8. The van der Waals surface area contributed by atoms with Crippen molar-refractivity contribution in [2.75, 3.05) is 12.3 Å². The third kappa shape index (κ3) is 5.70. The molecule has 0 radical (unpaired) electrons. The van der Waals surface area contributed by atoms with Crippen molar-refractivity contribution >= 4 is 17.7 Å². The van der Waals surface area contributed by atoms with Crippen molar-refractivity contribution in [3.05, 3.63) is 59.7 Å². The van der Waals surface area contributed by atoms with Gasteiger partial charge in [0.15, 0.2) is 11.0 Å². The number of hydrogen-bond donors (Lipinski definition) is 1. The lowest BCUT2D eigenvalue weighted by Crippen LogP contribution is -2.27. The summed E-state index contributed by atoms with van der Waals surface area (Å²) < 4.78 is 2.02. The van der Waals surface area contributed by atoms with Crippen LogP contribution >= 0.6 is 11.8 Å². The van der Waals surface area contributed by atoms with Gasteiger partial charge in [-0.25, -0.2) is 0 Å². The molecule has 0 aliphatic carbocycles. The van der Waals surface area contributed by atoms with Gasteiger partial charge in [-0.2, -0.15) is 0 Å². The Balaban J connectivity index is 1.84. The molecule has 0 unspecified atom stereocenters. The number of aromatic nitrogens is 3. The van der Waals surface area contributed by atoms with E-state index in [2.05, 4.69) is 91.7 Å². The zero-order valence-electron chi connectivity index (χ0n) is 17.5. The van der Waals surface area contributed by atoms with Crippen LogP contribution in [0.15, 0.2) is 53.7 Å². The van der Waals surface area contributed by atoms with E-state index in [1.54, 1.807) is 0 Å². The molecule has 0 aliphatic heterocycles. The first-order chi connectivity index (χ1) is 13.9. The highest BCUT2D eigenvalue weighted by atomic mass is 32.2. The summed E-state index contributed by atoms with van der Waals surface area (Å²) in [4.78, 5) is 12.2. The standard InChI is InChI=1S/C23H28N4OS/c1-16(2)13-14-24-21(28)15-29-23-26-25-22(19-9-5-17(3)6-10-19)27(23)20-11-7-18(4)8-12-20/h5-12,16H,13-15H2,1-4H3,(H,24,28). The molecule has 0 aliphatic rings. The molecular weight excluding hydrogens is 380 g/mol. The number of thioether (sulfide) groups is 1. The molecule has 0 saturated carbocycles. The summed E-state index contributed by atoms with van der Waals surface area (Å²) >= 11 is 1.41. The van der Waals surface area contributed by atoms with Crippen molar-refractivity contribution in [1.82, 2.24) is 20.1 Å². The number of benzene rings is 2. The molecule has 1 amide bonds. The SMILES string of the molecule is Cc1ccc(-c2nnc(SCC(=O)NCCC(C)C)n2-c2ccc(C)cc2)cc1. The normalized spacial score (nSPS) is 11.1. The van der Waals surface area contributed by atoms with E-state index in [4.69, 9.17) is 0 Å². The number of hydrogen-bond acceptors (Lipinski definition) is 4. The summed E-state index contributed by atoms with van der Waals surface area (Å²) in [5.74, 6) is 1.68. The van der Waals surface area contributed by atoms with Crippen molar-refractivity contribution in [3.8, 4) is 17.1 Å². The lowest BCUT2D eigenvalue weighted by molar-refractivity contribution is -0.118. The maximum absolute atomic E-state index is 12.2. The van der Waals surface area contributed by atoms with Crippen molar-refractivity contribution in [3.63, 3.8) is 0 Å². The number of carbonyl (C=O) groups is 1. The molecule has 0 fully saturated rings. The summed E-state index contributed by atoms with van der Waals surface area (Å²) in [6.45, 7) is 9.13. The van der Waals surface area contributed by atoms with Crippen LogP contribution < -0.4 is 5.32 Å². The van der Waals surface area contributed by atoms with Gasteiger partial charge in [-0.1, -0.05) is 73.1 Å². The lowest BCUT2D eigenvalue weighted by Gasteiger charge is -2.11. The Hall–Kier alpha value is -2.60. The van der Waals surface area contributed by atoms with Crippen LogP contribution in [0.3, 0.4) is 0 Å². The van der Waals surface area contributed by atoms with E-state index in [-0.39, 0.29) is 5.91 Å². The Bertz CT molecular complexity index is 946. The Morgan fingerprint density at radius 2 is 1.62 bits per heavy atom. The summed E-state index contributed by atoms with van der Waals surface area (Å²) in [6.07, 6.45) is 0.980. The summed E-state index contributed by atoms with van der Waals surface area (Å²) in [5, 5.41) is 12.5. The van der Waals surface area contributed by atoms with Crippen LogP contribution in [0.5, 0.6) is 0 Å². The van der Waals surface area contributed by atoms with E-state index in [1.165, 1.54) is 22.9 Å². The lowest BCUT2D eigenvalue weighted by atomic mass is 10.1. The number of nitrogens with zero attached hydrogens (tertiary/aromatic N) is 3. The van der Waals surface area contributed by atoms with Crippen LogP contribution in [0.1, 0.15) is 31.4 Å². The first-order valence-electron chi connectivity index (χ1n) is 9.93. The largest absolute Gasteiger partial charge is 0.355 e. The Morgan fingerprint density at radius 1 is 1.00 bits per heavy atom. The van der Waals surface area contributed by atoms with Gasteiger partial charge in [0.05, 0.1) is 5.75 Å². The van der Waals surface area contributed by atoms with Gasteiger partial charge in [0, 0.05) is 17.8 Å². The van der Waals surface area contributed by atoms with E-state index in [9.17, 15) is 4.79 Å². The third-order valence-corrected chi connectivity index (χ3v) is 5.54. The minimum atomic E-state index is 0.0194. The Morgan fingerprint density at radius 3 is 2.24 bits per heavy atom. The first-order valence-corrected chi connectivity index (χ1v) is 10.9. The van der Waals surface area contributed by atoms with Crippen molar-refractivity contribution in [1.29, 1.82) is 0 Å². The summed E-state index contributed by atoms with van der Waals surface area (Å²) in [7, 11) is 0. The zero-order valence-corrected chi connectivity index (χ0v) is 18.3. The van der Waals surface area contributed by atoms with E-state index < -0.39 is 0 Å². The Kier molecular flexibility index (Phi) is 7.09. The molecule has 0 bridgehead atoms. The molecule has 0 saturated heterocycles. The number of carbonyl (C=O) groups excluding carboxylic acids is 1. The van der Waals surface area contributed by atoms with E-state index in [1.807, 2.05) is 4.57 Å². The highest BCUT2D eigenvalue weighted by molar-refractivity contribution is 7.99. The van der Waals surface area contributed by atoms with E-state index >= 15 is 0 Å². The molecule has 1 N–H and O–H groups in total. The smallest absolute Gasteiger partial charge is 0.230 e. The van der Waals surface area contributed by atoms with Gasteiger partial charge >= 0.3 is 0 Å². The minimum absolute atomic E-state index is 0.0194. The van der Waals surface area contributed by atoms with Gasteiger partial charge in [-0.05, 0) is 38.3 Å². The molecule has 5 nitrogen and oxygen atoms in total. The fraction of sp³-hybridized carbons (Fsp3) is 0.348. The fourth-order valence-electron chi connectivity index (χ4n) is 2.86.